The number of nitrogens with zero attached hydrogens (tertiary/aromatic N) is 1. The zero-order valence-electron chi connectivity index (χ0n) is 12.9. The van der Waals surface area contributed by atoms with Gasteiger partial charge in [-0.2, -0.15) is 13.2 Å². The van der Waals surface area contributed by atoms with Crippen LogP contribution in [0.4, 0.5) is 13.2 Å². The van der Waals surface area contributed by atoms with Crippen LogP contribution >= 0.6 is 11.6 Å². The van der Waals surface area contributed by atoms with E-state index in [-0.39, 0.29) is 18.0 Å². The number of hydrogen-bond donors (Lipinski definition) is 0. The first-order valence-corrected chi connectivity index (χ1v) is 7.71. The summed E-state index contributed by atoms with van der Waals surface area (Å²) in [6, 6.07) is 3.08. The summed E-state index contributed by atoms with van der Waals surface area (Å²) >= 11 is 6.12. The second-order valence-electron chi connectivity index (χ2n) is 5.31. The van der Waals surface area contributed by atoms with Crippen molar-refractivity contribution >= 4 is 17.5 Å². The van der Waals surface area contributed by atoms with Crippen LogP contribution < -0.4 is 9.47 Å². The summed E-state index contributed by atoms with van der Waals surface area (Å²) < 4.78 is 48.7. The standard InChI is InChI=1S/C16H17ClF3NO3/c1-2-4-21(10-16(18,19)20)14(22)9-11-7-12(17)15-13(8-11)23-5-3-6-24-15/h2,7-8H,1,3-6,9-10H2. The minimum atomic E-state index is -4.47. The molecule has 0 fully saturated rings. The minimum absolute atomic E-state index is 0.184. The van der Waals surface area contributed by atoms with Crippen LogP contribution in [0.25, 0.3) is 0 Å². The predicted molar refractivity (Wildman–Crippen MR) is 83.6 cm³/mol. The fraction of sp³-hybridized carbons (Fsp3) is 0.438. The maximum absolute atomic E-state index is 12.6. The number of rotatable bonds is 5. The lowest BCUT2D eigenvalue weighted by Gasteiger charge is -2.23. The predicted octanol–water partition coefficient (Wildman–Crippen LogP) is 3.62. The maximum Gasteiger partial charge on any atom is 0.406 e. The quantitative estimate of drug-likeness (QED) is 0.750. The number of fused-ring (bicyclic) bond motifs is 1. The van der Waals surface area contributed by atoms with Crippen molar-refractivity contribution in [3.8, 4) is 11.5 Å². The Morgan fingerprint density at radius 2 is 2.04 bits per heavy atom. The van der Waals surface area contributed by atoms with E-state index in [9.17, 15) is 18.0 Å². The second-order valence-corrected chi connectivity index (χ2v) is 5.72. The molecule has 1 amide bonds. The molecule has 0 spiro atoms. The summed E-state index contributed by atoms with van der Waals surface area (Å²) in [7, 11) is 0. The van der Waals surface area contributed by atoms with Gasteiger partial charge in [-0.3, -0.25) is 4.79 Å². The highest BCUT2D eigenvalue weighted by Crippen LogP contribution is 2.38. The van der Waals surface area contributed by atoms with Crippen LogP contribution in [0.5, 0.6) is 11.5 Å². The van der Waals surface area contributed by atoms with Crippen molar-refractivity contribution in [2.24, 2.45) is 0 Å². The number of carbonyl (C=O) groups excluding carboxylic acids is 1. The highest BCUT2D eigenvalue weighted by molar-refractivity contribution is 6.32. The molecular weight excluding hydrogens is 347 g/mol. The molecule has 0 atom stereocenters. The van der Waals surface area contributed by atoms with Crippen molar-refractivity contribution in [3.63, 3.8) is 0 Å². The van der Waals surface area contributed by atoms with Crippen LogP contribution in [0, 0.1) is 0 Å². The van der Waals surface area contributed by atoms with Crippen LogP contribution in [-0.4, -0.2) is 43.3 Å². The Bertz CT molecular complexity index is 619. The molecule has 0 aliphatic carbocycles. The summed E-state index contributed by atoms with van der Waals surface area (Å²) in [5, 5.41) is 0.267. The third kappa shape index (κ3) is 5.06. The molecule has 1 aromatic rings. The number of ether oxygens (including phenoxy) is 2. The molecule has 0 saturated carbocycles. The highest BCUT2D eigenvalue weighted by atomic mass is 35.5. The van der Waals surface area contributed by atoms with Gasteiger partial charge in [0.15, 0.2) is 11.5 Å². The first kappa shape index (κ1) is 18.4. The molecule has 0 N–H and O–H groups in total. The lowest BCUT2D eigenvalue weighted by Crippen LogP contribution is -2.39. The van der Waals surface area contributed by atoms with Gasteiger partial charge < -0.3 is 14.4 Å². The normalized spacial score (nSPS) is 14.0. The molecule has 0 aromatic heterocycles. The monoisotopic (exact) mass is 363 g/mol. The van der Waals surface area contributed by atoms with Crippen LogP contribution in [-0.2, 0) is 11.2 Å². The number of amides is 1. The number of alkyl halides is 3. The molecule has 8 heteroatoms. The van der Waals surface area contributed by atoms with E-state index in [4.69, 9.17) is 21.1 Å². The minimum Gasteiger partial charge on any atom is -0.489 e. The zero-order chi connectivity index (χ0) is 17.7. The molecule has 0 unspecified atom stereocenters. The number of benzene rings is 1. The van der Waals surface area contributed by atoms with Crippen LogP contribution in [0.1, 0.15) is 12.0 Å². The van der Waals surface area contributed by atoms with Gasteiger partial charge in [0.1, 0.15) is 6.54 Å². The van der Waals surface area contributed by atoms with Crippen molar-refractivity contribution < 1.29 is 27.4 Å². The molecule has 0 saturated heterocycles. The smallest absolute Gasteiger partial charge is 0.406 e. The van der Waals surface area contributed by atoms with Crippen LogP contribution in [0.2, 0.25) is 5.02 Å². The van der Waals surface area contributed by atoms with Gasteiger partial charge in [0, 0.05) is 13.0 Å². The number of carbonyl (C=O) groups is 1. The summed E-state index contributed by atoms with van der Waals surface area (Å²) in [4.78, 5) is 12.9. The van der Waals surface area contributed by atoms with Gasteiger partial charge in [-0.05, 0) is 17.7 Å². The van der Waals surface area contributed by atoms with Crippen molar-refractivity contribution in [2.45, 2.75) is 19.0 Å². The third-order valence-electron chi connectivity index (χ3n) is 3.29. The number of halogens is 4. The van der Waals surface area contributed by atoms with Gasteiger partial charge >= 0.3 is 6.18 Å². The van der Waals surface area contributed by atoms with Crippen molar-refractivity contribution in [1.29, 1.82) is 0 Å². The summed E-state index contributed by atoms with van der Waals surface area (Å²) in [5.41, 5.74) is 0.463. The van der Waals surface area contributed by atoms with Gasteiger partial charge in [-0.15, -0.1) is 6.58 Å². The average molecular weight is 364 g/mol. The molecule has 2 rings (SSSR count). The fourth-order valence-electron chi connectivity index (χ4n) is 2.30. The van der Waals surface area contributed by atoms with Crippen LogP contribution in [0.3, 0.4) is 0 Å². The Morgan fingerprint density at radius 3 is 2.71 bits per heavy atom. The van der Waals surface area contributed by atoms with Crippen LogP contribution in [0.15, 0.2) is 24.8 Å². The zero-order valence-corrected chi connectivity index (χ0v) is 13.6. The van der Waals surface area contributed by atoms with Crippen molar-refractivity contribution in [1.82, 2.24) is 4.90 Å². The topological polar surface area (TPSA) is 38.8 Å². The second kappa shape index (κ2) is 7.79. The molecule has 1 aliphatic heterocycles. The van der Waals surface area contributed by atoms with Crippen molar-refractivity contribution in [2.75, 3.05) is 26.3 Å². The Morgan fingerprint density at radius 1 is 1.33 bits per heavy atom. The van der Waals surface area contributed by atoms with E-state index >= 15 is 0 Å². The maximum atomic E-state index is 12.6. The number of hydrogen-bond acceptors (Lipinski definition) is 3. The van der Waals surface area contributed by atoms with E-state index in [0.29, 0.717) is 41.6 Å². The molecule has 1 aliphatic rings. The molecule has 24 heavy (non-hydrogen) atoms. The largest absolute Gasteiger partial charge is 0.489 e. The molecule has 1 aromatic carbocycles. The SMILES string of the molecule is C=CCN(CC(F)(F)F)C(=O)Cc1cc(Cl)c2c(c1)OCCCO2. The molecule has 0 bridgehead atoms. The first-order chi connectivity index (χ1) is 11.3. The molecule has 1 heterocycles. The lowest BCUT2D eigenvalue weighted by atomic mass is 10.1. The summed E-state index contributed by atoms with van der Waals surface area (Å²) in [6.45, 7) is 2.78. The van der Waals surface area contributed by atoms with Gasteiger partial charge in [-0.25, -0.2) is 0 Å². The van der Waals surface area contributed by atoms with E-state index in [1.165, 1.54) is 12.1 Å². The first-order valence-electron chi connectivity index (χ1n) is 7.33. The van der Waals surface area contributed by atoms with Gasteiger partial charge in [-0.1, -0.05) is 17.7 Å². The van der Waals surface area contributed by atoms with E-state index in [1.54, 1.807) is 6.07 Å². The van der Waals surface area contributed by atoms with Crippen molar-refractivity contribution in [3.05, 3.63) is 35.4 Å². The summed E-state index contributed by atoms with van der Waals surface area (Å²) in [6.07, 6.45) is -2.75. The van der Waals surface area contributed by atoms with E-state index < -0.39 is 18.6 Å². The molecular formula is C16H17ClF3NO3. The Labute approximate surface area is 142 Å². The Kier molecular flexibility index (Phi) is 5.99. The van der Waals surface area contributed by atoms with Gasteiger partial charge in [0.05, 0.1) is 24.7 Å². The summed E-state index contributed by atoms with van der Waals surface area (Å²) in [5.74, 6) is 0.121. The molecule has 132 valence electrons. The van der Waals surface area contributed by atoms with E-state index in [2.05, 4.69) is 6.58 Å². The van der Waals surface area contributed by atoms with E-state index in [1.807, 2.05) is 0 Å². The fourth-order valence-corrected chi connectivity index (χ4v) is 2.59. The Hall–Kier alpha value is -1.89. The van der Waals surface area contributed by atoms with Gasteiger partial charge in [0.25, 0.3) is 0 Å². The highest BCUT2D eigenvalue weighted by Gasteiger charge is 2.32. The average Bonchev–Trinajstić information content (AvgIpc) is 2.71. The van der Waals surface area contributed by atoms with E-state index in [0.717, 1.165) is 0 Å². The lowest BCUT2D eigenvalue weighted by molar-refractivity contribution is -0.159. The Balaban J connectivity index is 2.16. The third-order valence-corrected chi connectivity index (χ3v) is 3.57. The molecule has 4 nitrogen and oxygen atoms in total. The van der Waals surface area contributed by atoms with Gasteiger partial charge in [0.2, 0.25) is 5.91 Å². The molecule has 0 radical (unpaired) electrons.